The number of benzene rings is 1. The fourth-order valence-electron chi connectivity index (χ4n) is 2.43. The molecule has 2 atom stereocenters. The predicted molar refractivity (Wildman–Crippen MR) is 76.4 cm³/mol. The van der Waals surface area contributed by atoms with Gasteiger partial charge < -0.3 is 20.5 Å². The van der Waals surface area contributed by atoms with Gasteiger partial charge in [0, 0.05) is 19.7 Å². The molecule has 0 aromatic heterocycles. The van der Waals surface area contributed by atoms with Gasteiger partial charge in [-0.3, -0.25) is 4.79 Å². The van der Waals surface area contributed by atoms with E-state index in [0.717, 1.165) is 24.8 Å². The minimum Gasteiger partial charge on any atom is -0.484 e. The molecule has 5 nitrogen and oxygen atoms in total. The number of methoxy groups -OCH3 is 1. The molecule has 3 N–H and O–H groups in total. The first kappa shape index (κ1) is 14.8. The second-order valence-corrected chi connectivity index (χ2v) is 5.07. The molecule has 1 amide bonds. The standard InChI is InChI=1S/C15H22N2O3/c1-19-14-7-4-12(8-14)17-15(18)10-20-13-5-2-11(9-16)3-6-13/h2-3,5-6,12,14H,4,7-10,16H2,1H3,(H,17,18). The van der Waals surface area contributed by atoms with Gasteiger partial charge in [0.15, 0.2) is 6.61 Å². The summed E-state index contributed by atoms with van der Waals surface area (Å²) in [5.41, 5.74) is 6.56. The highest BCUT2D eigenvalue weighted by Gasteiger charge is 2.25. The van der Waals surface area contributed by atoms with Gasteiger partial charge in [0.1, 0.15) is 5.75 Å². The van der Waals surface area contributed by atoms with E-state index in [1.54, 1.807) is 7.11 Å². The average molecular weight is 278 g/mol. The molecule has 0 bridgehead atoms. The maximum Gasteiger partial charge on any atom is 0.258 e. The van der Waals surface area contributed by atoms with Crippen molar-refractivity contribution in [3.05, 3.63) is 29.8 Å². The second-order valence-electron chi connectivity index (χ2n) is 5.07. The Labute approximate surface area is 119 Å². The van der Waals surface area contributed by atoms with Crippen LogP contribution >= 0.6 is 0 Å². The van der Waals surface area contributed by atoms with Gasteiger partial charge >= 0.3 is 0 Å². The lowest BCUT2D eigenvalue weighted by molar-refractivity contribution is -0.123. The molecular weight excluding hydrogens is 256 g/mol. The van der Waals surface area contributed by atoms with E-state index in [1.165, 1.54) is 0 Å². The monoisotopic (exact) mass is 278 g/mol. The molecule has 2 unspecified atom stereocenters. The van der Waals surface area contributed by atoms with Crippen LogP contribution in [0.3, 0.4) is 0 Å². The van der Waals surface area contributed by atoms with Crippen molar-refractivity contribution in [3.8, 4) is 5.75 Å². The lowest BCUT2D eigenvalue weighted by Crippen LogP contribution is -2.36. The molecule has 0 aliphatic heterocycles. The number of amides is 1. The van der Waals surface area contributed by atoms with E-state index in [0.29, 0.717) is 12.3 Å². The zero-order valence-corrected chi connectivity index (χ0v) is 11.8. The molecule has 0 spiro atoms. The van der Waals surface area contributed by atoms with E-state index >= 15 is 0 Å². The molecule has 1 aliphatic rings. The van der Waals surface area contributed by atoms with Gasteiger partial charge in [-0.25, -0.2) is 0 Å². The normalized spacial score (nSPS) is 21.7. The van der Waals surface area contributed by atoms with Gasteiger partial charge in [0.2, 0.25) is 0 Å². The maximum atomic E-state index is 11.8. The number of nitrogens with two attached hydrogens (primary N) is 1. The van der Waals surface area contributed by atoms with Crippen LogP contribution in [0, 0.1) is 0 Å². The molecule has 0 heterocycles. The second kappa shape index (κ2) is 7.26. The SMILES string of the molecule is COC1CCC(NC(=O)COc2ccc(CN)cc2)C1. The van der Waals surface area contributed by atoms with Crippen molar-refractivity contribution in [1.29, 1.82) is 0 Å². The quantitative estimate of drug-likeness (QED) is 0.820. The highest BCUT2D eigenvalue weighted by molar-refractivity contribution is 5.77. The summed E-state index contributed by atoms with van der Waals surface area (Å²) in [6, 6.07) is 7.65. The number of hydrogen-bond donors (Lipinski definition) is 2. The Morgan fingerprint density at radius 1 is 1.35 bits per heavy atom. The summed E-state index contributed by atoms with van der Waals surface area (Å²) >= 11 is 0. The number of nitrogens with one attached hydrogen (secondary N) is 1. The number of hydrogen-bond acceptors (Lipinski definition) is 4. The van der Waals surface area contributed by atoms with Crippen LogP contribution in [-0.2, 0) is 16.1 Å². The lowest BCUT2D eigenvalue weighted by atomic mass is 10.2. The Morgan fingerprint density at radius 2 is 2.10 bits per heavy atom. The molecule has 110 valence electrons. The summed E-state index contributed by atoms with van der Waals surface area (Å²) in [6.45, 7) is 0.541. The van der Waals surface area contributed by atoms with Crippen molar-refractivity contribution in [2.45, 2.75) is 38.0 Å². The van der Waals surface area contributed by atoms with Crippen molar-refractivity contribution in [2.75, 3.05) is 13.7 Å². The Balaban J connectivity index is 1.72. The Kier molecular flexibility index (Phi) is 5.38. The summed E-state index contributed by atoms with van der Waals surface area (Å²) in [6.07, 6.45) is 3.12. The number of carbonyl (C=O) groups excluding carboxylic acids is 1. The number of rotatable bonds is 6. The molecule has 1 aromatic rings. The Morgan fingerprint density at radius 3 is 2.70 bits per heavy atom. The summed E-state index contributed by atoms with van der Waals surface area (Å²) in [5.74, 6) is 0.591. The fraction of sp³-hybridized carbons (Fsp3) is 0.533. The van der Waals surface area contributed by atoms with Crippen molar-refractivity contribution in [2.24, 2.45) is 5.73 Å². The van der Waals surface area contributed by atoms with E-state index in [-0.39, 0.29) is 24.7 Å². The van der Waals surface area contributed by atoms with Crippen LogP contribution in [0.2, 0.25) is 0 Å². The van der Waals surface area contributed by atoms with Gasteiger partial charge in [-0.15, -0.1) is 0 Å². The third-order valence-electron chi connectivity index (χ3n) is 3.61. The van der Waals surface area contributed by atoms with Gasteiger partial charge in [-0.1, -0.05) is 12.1 Å². The van der Waals surface area contributed by atoms with E-state index in [9.17, 15) is 4.79 Å². The predicted octanol–water partition coefficient (Wildman–Crippen LogP) is 1.21. The van der Waals surface area contributed by atoms with E-state index in [2.05, 4.69) is 5.32 Å². The highest BCUT2D eigenvalue weighted by atomic mass is 16.5. The van der Waals surface area contributed by atoms with Crippen molar-refractivity contribution >= 4 is 5.91 Å². The van der Waals surface area contributed by atoms with Crippen LogP contribution in [0.5, 0.6) is 5.75 Å². The molecule has 1 saturated carbocycles. The van der Waals surface area contributed by atoms with E-state index in [1.807, 2.05) is 24.3 Å². The number of carbonyl (C=O) groups is 1. The van der Waals surface area contributed by atoms with Crippen LogP contribution in [0.25, 0.3) is 0 Å². The van der Waals surface area contributed by atoms with Crippen LogP contribution in [0.1, 0.15) is 24.8 Å². The summed E-state index contributed by atoms with van der Waals surface area (Å²) in [7, 11) is 1.71. The third kappa shape index (κ3) is 4.21. The lowest BCUT2D eigenvalue weighted by Gasteiger charge is -2.13. The molecule has 20 heavy (non-hydrogen) atoms. The van der Waals surface area contributed by atoms with Gasteiger partial charge in [-0.2, -0.15) is 0 Å². The molecule has 5 heteroatoms. The zero-order valence-electron chi connectivity index (χ0n) is 11.8. The summed E-state index contributed by atoms with van der Waals surface area (Å²) < 4.78 is 10.7. The first-order chi connectivity index (χ1) is 9.71. The smallest absolute Gasteiger partial charge is 0.258 e. The highest BCUT2D eigenvalue weighted by Crippen LogP contribution is 2.21. The zero-order chi connectivity index (χ0) is 14.4. The minimum atomic E-state index is -0.0883. The average Bonchev–Trinajstić information content (AvgIpc) is 2.93. The largest absolute Gasteiger partial charge is 0.484 e. The van der Waals surface area contributed by atoms with E-state index in [4.69, 9.17) is 15.2 Å². The fourth-order valence-corrected chi connectivity index (χ4v) is 2.43. The maximum absolute atomic E-state index is 11.8. The van der Waals surface area contributed by atoms with Crippen molar-refractivity contribution in [1.82, 2.24) is 5.32 Å². The molecule has 1 aromatic carbocycles. The van der Waals surface area contributed by atoms with Gasteiger partial charge in [0.25, 0.3) is 5.91 Å². The molecule has 2 rings (SSSR count). The van der Waals surface area contributed by atoms with Crippen LogP contribution < -0.4 is 15.8 Å². The summed E-state index contributed by atoms with van der Waals surface area (Å²) in [5, 5.41) is 2.97. The van der Waals surface area contributed by atoms with Crippen molar-refractivity contribution < 1.29 is 14.3 Å². The molecule has 1 fully saturated rings. The van der Waals surface area contributed by atoms with Crippen LogP contribution in [0.15, 0.2) is 24.3 Å². The third-order valence-corrected chi connectivity index (χ3v) is 3.61. The topological polar surface area (TPSA) is 73.6 Å². The summed E-state index contributed by atoms with van der Waals surface area (Å²) in [4.78, 5) is 11.8. The van der Waals surface area contributed by atoms with Crippen LogP contribution in [-0.4, -0.2) is 31.8 Å². The number of ether oxygens (including phenoxy) is 2. The molecule has 1 aliphatic carbocycles. The van der Waals surface area contributed by atoms with Gasteiger partial charge in [-0.05, 0) is 37.0 Å². The van der Waals surface area contributed by atoms with Crippen LogP contribution in [0.4, 0.5) is 0 Å². The minimum absolute atomic E-state index is 0.0378. The molecular formula is C15H22N2O3. The Bertz CT molecular complexity index is 433. The first-order valence-electron chi connectivity index (χ1n) is 6.95. The van der Waals surface area contributed by atoms with Gasteiger partial charge in [0.05, 0.1) is 6.10 Å². The van der Waals surface area contributed by atoms with Crippen molar-refractivity contribution in [3.63, 3.8) is 0 Å². The molecule has 0 radical (unpaired) electrons. The van der Waals surface area contributed by atoms with E-state index < -0.39 is 0 Å². The first-order valence-corrected chi connectivity index (χ1v) is 6.95. The Hall–Kier alpha value is -1.59. The molecule has 0 saturated heterocycles.